The van der Waals surface area contributed by atoms with Crippen molar-refractivity contribution in [1.29, 1.82) is 0 Å². The Hall–Kier alpha value is -2.23. The first kappa shape index (κ1) is 12.2. The average molecular weight is 269 g/mol. The molecule has 9 nitrogen and oxygen atoms in total. The Bertz CT molecular complexity index is 651. The topological polar surface area (TPSA) is 115 Å². The molecule has 0 aliphatic heterocycles. The fourth-order valence-electron chi connectivity index (χ4n) is 1.22. The highest BCUT2D eigenvalue weighted by Crippen LogP contribution is 2.14. The van der Waals surface area contributed by atoms with E-state index in [1.54, 1.807) is 7.05 Å². The van der Waals surface area contributed by atoms with Gasteiger partial charge in [-0.2, -0.15) is 4.80 Å². The molecule has 2 heterocycles. The van der Waals surface area contributed by atoms with Crippen molar-refractivity contribution >= 4 is 21.8 Å². The van der Waals surface area contributed by atoms with Gasteiger partial charge < -0.3 is 5.32 Å². The Morgan fingerprint density at radius 2 is 2.17 bits per heavy atom. The molecule has 96 valence electrons. The van der Waals surface area contributed by atoms with E-state index in [1.165, 1.54) is 25.4 Å². The minimum atomic E-state index is -3.74. The molecule has 0 unspecified atom stereocenters. The van der Waals surface area contributed by atoms with E-state index >= 15 is 0 Å². The summed E-state index contributed by atoms with van der Waals surface area (Å²) >= 11 is 0. The largest absolute Gasteiger partial charge is 0.373 e. The summed E-state index contributed by atoms with van der Waals surface area (Å²) in [4.78, 5) is 5.15. The molecule has 0 aromatic carbocycles. The highest BCUT2D eigenvalue weighted by atomic mass is 32.2. The van der Waals surface area contributed by atoms with Gasteiger partial charge in [0.15, 0.2) is 0 Å². The highest BCUT2D eigenvalue weighted by molar-refractivity contribution is 7.92. The molecule has 2 N–H and O–H groups in total. The highest BCUT2D eigenvalue weighted by Gasteiger charge is 2.17. The van der Waals surface area contributed by atoms with Crippen LogP contribution in [0.15, 0.2) is 23.2 Å². The molecule has 0 fully saturated rings. The summed E-state index contributed by atoms with van der Waals surface area (Å²) in [5, 5.41) is 13.6. The van der Waals surface area contributed by atoms with Crippen LogP contribution in [0.2, 0.25) is 0 Å². The van der Waals surface area contributed by atoms with E-state index < -0.39 is 10.0 Å². The lowest BCUT2D eigenvalue weighted by Gasteiger charge is -2.05. The molecule has 18 heavy (non-hydrogen) atoms. The van der Waals surface area contributed by atoms with Crippen LogP contribution in [0.5, 0.6) is 0 Å². The van der Waals surface area contributed by atoms with Gasteiger partial charge in [-0.1, -0.05) is 5.10 Å². The zero-order valence-electron chi connectivity index (χ0n) is 9.69. The number of tetrazole rings is 1. The summed E-state index contributed by atoms with van der Waals surface area (Å²) in [5.41, 5.74) is 0. The number of anilines is 2. The van der Waals surface area contributed by atoms with Gasteiger partial charge in [0.1, 0.15) is 5.82 Å². The summed E-state index contributed by atoms with van der Waals surface area (Å²) in [6, 6.07) is 2.78. The van der Waals surface area contributed by atoms with E-state index in [-0.39, 0.29) is 10.8 Å². The van der Waals surface area contributed by atoms with Crippen molar-refractivity contribution in [2.75, 3.05) is 17.1 Å². The monoisotopic (exact) mass is 269 g/mol. The summed E-state index contributed by atoms with van der Waals surface area (Å²) < 4.78 is 26.2. The van der Waals surface area contributed by atoms with E-state index in [1.807, 2.05) is 0 Å². The molecule has 0 amide bonds. The first-order chi connectivity index (χ1) is 8.51. The Morgan fingerprint density at radius 3 is 2.78 bits per heavy atom. The van der Waals surface area contributed by atoms with Crippen LogP contribution < -0.4 is 10.0 Å². The fraction of sp³-hybridized carbons (Fsp3) is 0.250. The number of nitrogens with zero attached hydrogens (tertiary/aromatic N) is 5. The number of hydrogen-bond donors (Lipinski definition) is 2. The second-order valence-electron chi connectivity index (χ2n) is 3.33. The lowest BCUT2D eigenvalue weighted by molar-refractivity contribution is 0.600. The Morgan fingerprint density at radius 1 is 1.39 bits per heavy atom. The molecular formula is C8H11N7O2S. The number of sulfonamides is 1. The third-order valence-corrected chi connectivity index (χ3v) is 3.36. The van der Waals surface area contributed by atoms with Crippen molar-refractivity contribution in [3.63, 3.8) is 0 Å². The number of aromatic nitrogens is 5. The zero-order chi connectivity index (χ0) is 13.2. The minimum Gasteiger partial charge on any atom is -0.373 e. The molecule has 0 spiro atoms. The van der Waals surface area contributed by atoms with Crippen molar-refractivity contribution in [3.8, 4) is 0 Å². The SMILES string of the molecule is CNc1cc(S(=O)(=O)Nc2nnn(C)n2)ccn1. The molecule has 0 radical (unpaired) electrons. The standard InChI is InChI=1S/C8H11N7O2S/c1-9-7-5-6(3-4-10-7)18(16,17)13-8-11-14-15(2)12-8/h3-5H,1-2H3,(H,9,10)(H,12,13). The van der Waals surface area contributed by atoms with Gasteiger partial charge in [-0.3, -0.25) is 0 Å². The van der Waals surface area contributed by atoms with E-state index in [4.69, 9.17) is 0 Å². The number of nitrogens with one attached hydrogen (secondary N) is 2. The van der Waals surface area contributed by atoms with E-state index in [9.17, 15) is 8.42 Å². The molecule has 0 atom stereocenters. The number of aryl methyl sites for hydroxylation is 1. The van der Waals surface area contributed by atoms with Crippen LogP contribution in [0, 0.1) is 0 Å². The van der Waals surface area contributed by atoms with Crippen molar-refractivity contribution in [2.24, 2.45) is 7.05 Å². The molecule has 2 aromatic rings. The maximum Gasteiger partial charge on any atom is 0.277 e. The van der Waals surface area contributed by atoms with Gasteiger partial charge >= 0.3 is 0 Å². The van der Waals surface area contributed by atoms with Crippen molar-refractivity contribution < 1.29 is 8.42 Å². The maximum absolute atomic E-state index is 12.0. The van der Waals surface area contributed by atoms with Crippen molar-refractivity contribution in [3.05, 3.63) is 18.3 Å². The molecule has 0 saturated carbocycles. The smallest absolute Gasteiger partial charge is 0.277 e. The molecule has 0 aliphatic carbocycles. The lowest BCUT2D eigenvalue weighted by Crippen LogP contribution is -2.14. The number of rotatable bonds is 4. The van der Waals surface area contributed by atoms with Gasteiger partial charge in [0.2, 0.25) is 0 Å². The maximum atomic E-state index is 12.0. The minimum absolute atomic E-state index is 0.0642. The summed E-state index contributed by atoms with van der Waals surface area (Å²) in [5.74, 6) is 0.366. The molecule has 2 rings (SSSR count). The Labute approximate surface area is 103 Å². The second-order valence-corrected chi connectivity index (χ2v) is 5.02. The van der Waals surface area contributed by atoms with Crippen LogP contribution in [0.1, 0.15) is 0 Å². The summed E-state index contributed by atoms with van der Waals surface area (Å²) in [6.07, 6.45) is 1.39. The van der Waals surface area contributed by atoms with Crippen LogP contribution in [0.25, 0.3) is 0 Å². The van der Waals surface area contributed by atoms with Crippen molar-refractivity contribution in [1.82, 2.24) is 25.2 Å². The third-order valence-electron chi connectivity index (χ3n) is 2.03. The number of hydrogen-bond acceptors (Lipinski definition) is 7. The predicted octanol–water partition coefficient (Wildman–Crippen LogP) is -0.552. The zero-order valence-corrected chi connectivity index (χ0v) is 10.5. The van der Waals surface area contributed by atoms with E-state index in [0.717, 1.165) is 4.80 Å². The van der Waals surface area contributed by atoms with Gasteiger partial charge in [-0.15, -0.1) is 5.10 Å². The molecule has 0 aliphatic rings. The van der Waals surface area contributed by atoms with Crippen LogP contribution >= 0.6 is 0 Å². The van der Waals surface area contributed by atoms with Gasteiger partial charge in [-0.05, 0) is 11.3 Å². The summed E-state index contributed by atoms with van der Waals surface area (Å²) in [6.45, 7) is 0. The van der Waals surface area contributed by atoms with E-state index in [0.29, 0.717) is 5.82 Å². The van der Waals surface area contributed by atoms with E-state index in [2.05, 4.69) is 30.4 Å². The Balaban J connectivity index is 2.30. The van der Waals surface area contributed by atoms with Crippen molar-refractivity contribution in [2.45, 2.75) is 4.90 Å². The Kier molecular flexibility index (Phi) is 3.10. The van der Waals surface area contributed by atoms with Gasteiger partial charge in [0, 0.05) is 19.3 Å². The lowest BCUT2D eigenvalue weighted by atomic mass is 10.5. The quantitative estimate of drug-likeness (QED) is 0.765. The molecule has 0 bridgehead atoms. The van der Waals surface area contributed by atoms with Crippen LogP contribution in [-0.2, 0) is 17.1 Å². The normalized spacial score (nSPS) is 11.2. The average Bonchev–Trinajstić information content (AvgIpc) is 2.74. The molecule has 10 heteroatoms. The molecule has 2 aromatic heterocycles. The number of pyridine rings is 1. The fourth-order valence-corrected chi connectivity index (χ4v) is 2.17. The van der Waals surface area contributed by atoms with Gasteiger partial charge in [-0.25, -0.2) is 18.1 Å². The van der Waals surface area contributed by atoms with Gasteiger partial charge in [0.05, 0.1) is 11.9 Å². The van der Waals surface area contributed by atoms with Crippen LogP contribution in [0.3, 0.4) is 0 Å². The first-order valence-electron chi connectivity index (χ1n) is 4.92. The predicted molar refractivity (Wildman–Crippen MR) is 63.4 cm³/mol. The van der Waals surface area contributed by atoms with Crippen LogP contribution in [-0.4, -0.2) is 40.7 Å². The molecule has 0 saturated heterocycles. The van der Waals surface area contributed by atoms with Crippen LogP contribution in [0.4, 0.5) is 11.8 Å². The van der Waals surface area contributed by atoms with Gasteiger partial charge in [0.25, 0.3) is 16.0 Å². The first-order valence-corrected chi connectivity index (χ1v) is 6.40. The third kappa shape index (κ3) is 2.53. The second kappa shape index (κ2) is 4.56. The molecular weight excluding hydrogens is 258 g/mol. The summed E-state index contributed by atoms with van der Waals surface area (Å²) in [7, 11) is -0.554.